The Balaban J connectivity index is 1.85. The van der Waals surface area contributed by atoms with Crippen molar-refractivity contribution in [3.8, 4) is 0 Å². The molecule has 0 aromatic heterocycles. The Hall–Kier alpha value is -1.10. The van der Waals surface area contributed by atoms with E-state index >= 15 is 0 Å². The van der Waals surface area contributed by atoms with Gasteiger partial charge in [0.25, 0.3) is 0 Å². The molecule has 2 fully saturated rings. The van der Waals surface area contributed by atoms with Crippen LogP contribution in [-0.4, -0.2) is 53.3 Å². The van der Waals surface area contributed by atoms with E-state index in [9.17, 15) is 9.59 Å². The lowest BCUT2D eigenvalue weighted by Crippen LogP contribution is -2.54. The SMILES string of the molecule is CC[C@@H](C)[C@H](N)C(=O)N1CCC(N2CCCCC2=O)CC1. The summed E-state index contributed by atoms with van der Waals surface area (Å²) in [7, 11) is 0. The van der Waals surface area contributed by atoms with E-state index in [0.717, 1.165) is 51.7 Å². The molecule has 0 radical (unpaired) electrons. The Bertz CT molecular complexity index is 378. The summed E-state index contributed by atoms with van der Waals surface area (Å²) in [6.07, 6.45) is 5.54. The van der Waals surface area contributed by atoms with Crippen LogP contribution in [-0.2, 0) is 9.59 Å². The summed E-state index contributed by atoms with van der Waals surface area (Å²) in [5.41, 5.74) is 6.05. The molecule has 2 rings (SSSR count). The van der Waals surface area contributed by atoms with Gasteiger partial charge >= 0.3 is 0 Å². The van der Waals surface area contributed by atoms with Gasteiger partial charge in [0.2, 0.25) is 11.8 Å². The van der Waals surface area contributed by atoms with Crippen molar-refractivity contribution in [2.75, 3.05) is 19.6 Å². The molecule has 5 heteroatoms. The maximum atomic E-state index is 12.4. The second-order valence-corrected chi connectivity index (χ2v) is 6.51. The van der Waals surface area contributed by atoms with E-state index in [-0.39, 0.29) is 17.9 Å². The minimum atomic E-state index is -0.386. The van der Waals surface area contributed by atoms with Crippen LogP contribution in [0.15, 0.2) is 0 Å². The first kappa shape index (κ1) is 16.3. The molecule has 2 aliphatic heterocycles. The van der Waals surface area contributed by atoms with Crippen LogP contribution in [0.2, 0.25) is 0 Å². The quantitative estimate of drug-likeness (QED) is 0.851. The molecule has 0 bridgehead atoms. The molecular weight excluding hydrogens is 266 g/mol. The minimum absolute atomic E-state index is 0.0766. The lowest BCUT2D eigenvalue weighted by Gasteiger charge is -2.41. The topological polar surface area (TPSA) is 66.6 Å². The van der Waals surface area contributed by atoms with Gasteiger partial charge in [0.15, 0.2) is 0 Å². The lowest BCUT2D eigenvalue weighted by molar-refractivity contribution is -0.139. The monoisotopic (exact) mass is 295 g/mol. The number of likely N-dealkylation sites (tertiary alicyclic amines) is 2. The van der Waals surface area contributed by atoms with Crippen molar-refractivity contribution in [1.82, 2.24) is 9.80 Å². The number of amides is 2. The highest BCUT2D eigenvalue weighted by molar-refractivity contribution is 5.82. The van der Waals surface area contributed by atoms with Gasteiger partial charge < -0.3 is 15.5 Å². The van der Waals surface area contributed by atoms with Gasteiger partial charge in [-0.2, -0.15) is 0 Å². The van der Waals surface area contributed by atoms with Crippen LogP contribution in [0.4, 0.5) is 0 Å². The molecule has 0 aromatic rings. The van der Waals surface area contributed by atoms with E-state index in [2.05, 4.69) is 6.92 Å². The van der Waals surface area contributed by atoms with Crippen LogP contribution in [0.3, 0.4) is 0 Å². The summed E-state index contributed by atoms with van der Waals surface area (Å²) in [5.74, 6) is 0.592. The van der Waals surface area contributed by atoms with Crippen LogP contribution in [0.5, 0.6) is 0 Å². The van der Waals surface area contributed by atoms with Crippen molar-refractivity contribution >= 4 is 11.8 Å². The van der Waals surface area contributed by atoms with Crippen LogP contribution in [0.25, 0.3) is 0 Å². The first-order chi connectivity index (χ1) is 10.0. The molecule has 0 aliphatic carbocycles. The zero-order valence-corrected chi connectivity index (χ0v) is 13.4. The average molecular weight is 295 g/mol. The summed E-state index contributed by atoms with van der Waals surface area (Å²) >= 11 is 0. The number of carbonyl (C=O) groups is 2. The molecule has 0 aromatic carbocycles. The number of rotatable bonds is 4. The molecule has 120 valence electrons. The molecule has 0 saturated carbocycles. The molecule has 2 saturated heterocycles. The number of hydrogen-bond acceptors (Lipinski definition) is 3. The molecule has 5 nitrogen and oxygen atoms in total. The van der Waals surface area contributed by atoms with Crippen molar-refractivity contribution in [2.45, 2.75) is 64.5 Å². The molecule has 0 unspecified atom stereocenters. The third-order valence-corrected chi connectivity index (χ3v) is 5.12. The highest BCUT2D eigenvalue weighted by Crippen LogP contribution is 2.22. The third-order valence-electron chi connectivity index (χ3n) is 5.12. The standard InChI is InChI=1S/C16H29N3O2/c1-3-12(2)15(17)16(21)18-10-7-13(8-11-18)19-9-5-4-6-14(19)20/h12-13,15H,3-11,17H2,1-2H3/t12-,15+/m1/s1. The van der Waals surface area contributed by atoms with Crippen LogP contribution < -0.4 is 5.73 Å². The van der Waals surface area contributed by atoms with E-state index in [0.29, 0.717) is 18.4 Å². The van der Waals surface area contributed by atoms with Gasteiger partial charge in [-0.3, -0.25) is 9.59 Å². The van der Waals surface area contributed by atoms with Crippen molar-refractivity contribution in [2.24, 2.45) is 11.7 Å². The number of nitrogens with zero attached hydrogens (tertiary/aromatic N) is 2. The molecular formula is C16H29N3O2. The predicted octanol–water partition coefficient (Wildman–Crippen LogP) is 1.36. The second kappa shape index (κ2) is 7.25. The third kappa shape index (κ3) is 3.76. The molecule has 2 atom stereocenters. The summed E-state index contributed by atoms with van der Waals surface area (Å²) in [6.45, 7) is 6.45. The minimum Gasteiger partial charge on any atom is -0.341 e. The maximum absolute atomic E-state index is 12.4. The molecule has 2 aliphatic rings. The summed E-state index contributed by atoms with van der Waals surface area (Å²) in [4.78, 5) is 28.3. The molecule has 0 spiro atoms. The van der Waals surface area contributed by atoms with Gasteiger partial charge in [-0.05, 0) is 31.6 Å². The highest BCUT2D eigenvalue weighted by atomic mass is 16.2. The normalized spacial score (nSPS) is 24.0. The fourth-order valence-electron chi connectivity index (χ4n) is 3.32. The van der Waals surface area contributed by atoms with E-state index in [1.807, 2.05) is 16.7 Å². The van der Waals surface area contributed by atoms with E-state index in [1.54, 1.807) is 0 Å². The van der Waals surface area contributed by atoms with Crippen molar-refractivity contribution in [1.29, 1.82) is 0 Å². The molecule has 21 heavy (non-hydrogen) atoms. The predicted molar refractivity (Wildman–Crippen MR) is 82.6 cm³/mol. The second-order valence-electron chi connectivity index (χ2n) is 6.51. The number of carbonyl (C=O) groups excluding carboxylic acids is 2. The zero-order valence-electron chi connectivity index (χ0n) is 13.4. The van der Waals surface area contributed by atoms with Gasteiger partial charge in [-0.15, -0.1) is 0 Å². The Morgan fingerprint density at radius 1 is 1.29 bits per heavy atom. The molecule has 2 N–H and O–H groups in total. The van der Waals surface area contributed by atoms with Crippen LogP contribution in [0.1, 0.15) is 52.4 Å². The van der Waals surface area contributed by atoms with E-state index in [4.69, 9.17) is 5.73 Å². The van der Waals surface area contributed by atoms with Crippen molar-refractivity contribution < 1.29 is 9.59 Å². The largest absolute Gasteiger partial charge is 0.341 e. The Kier molecular flexibility index (Phi) is 5.62. The van der Waals surface area contributed by atoms with Crippen LogP contribution in [0, 0.1) is 5.92 Å². The van der Waals surface area contributed by atoms with Gasteiger partial charge in [0.1, 0.15) is 0 Å². The summed E-state index contributed by atoms with van der Waals surface area (Å²) in [6, 6.07) is -0.0650. The molecule has 2 amide bonds. The van der Waals surface area contributed by atoms with Gasteiger partial charge in [-0.25, -0.2) is 0 Å². The summed E-state index contributed by atoms with van der Waals surface area (Å²) in [5, 5.41) is 0. The average Bonchev–Trinajstić information content (AvgIpc) is 2.53. The number of hydrogen-bond donors (Lipinski definition) is 1. The van der Waals surface area contributed by atoms with Gasteiger partial charge in [-0.1, -0.05) is 20.3 Å². The highest BCUT2D eigenvalue weighted by Gasteiger charge is 2.32. The van der Waals surface area contributed by atoms with Gasteiger partial charge in [0.05, 0.1) is 6.04 Å². The Morgan fingerprint density at radius 3 is 2.52 bits per heavy atom. The Labute approximate surface area is 127 Å². The summed E-state index contributed by atoms with van der Waals surface area (Å²) < 4.78 is 0. The smallest absolute Gasteiger partial charge is 0.239 e. The fourth-order valence-corrected chi connectivity index (χ4v) is 3.32. The number of piperidine rings is 2. The first-order valence-corrected chi connectivity index (χ1v) is 8.38. The van der Waals surface area contributed by atoms with Crippen molar-refractivity contribution in [3.05, 3.63) is 0 Å². The zero-order chi connectivity index (χ0) is 15.4. The van der Waals surface area contributed by atoms with E-state index < -0.39 is 0 Å². The maximum Gasteiger partial charge on any atom is 0.239 e. The lowest BCUT2D eigenvalue weighted by atomic mass is 9.96. The Morgan fingerprint density at radius 2 is 1.95 bits per heavy atom. The van der Waals surface area contributed by atoms with E-state index in [1.165, 1.54) is 0 Å². The van der Waals surface area contributed by atoms with Crippen LogP contribution >= 0.6 is 0 Å². The molecule has 2 heterocycles. The first-order valence-electron chi connectivity index (χ1n) is 8.38. The number of nitrogens with two attached hydrogens (primary N) is 1. The van der Waals surface area contributed by atoms with Crippen molar-refractivity contribution in [3.63, 3.8) is 0 Å². The fraction of sp³-hybridized carbons (Fsp3) is 0.875. The van der Waals surface area contributed by atoms with Gasteiger partial charge in [0, 0.05) is 32.1 Å².